The second kappa shape index (κ2) is 7.65. The van der Waals surface area contributed by atoms with Crippen LogP contribution in [0.3, 0.4) is 0 Å². The number of anilines is 1. The number of nitrogens with zero attached hydrogens (tertiary/aromatic N) is 1. The van der Waals surface area contributed by atoms with Gasteiger partial charge in [-0.1, -0.05) is 0 Å². The summed E-state index contributed by atoms with van der Waals surface area (Å²) >= 11 is 1.42. The first-order valence-corrected chi connectivity index (χ1v) is 6.71. The fourth-order valence-corrected chi connectivity index (χ4v) is 2.16. The van der Waals surface area contributed by atoms with Crippen LogP contribution >= 0.6 is 11.3 Å². The molecule has 4 N–H and O–H groups in total. The molecule has 0 aliphatic rings. The number of carbonyl (C=O) groups excluding carboxylic acids is 1. The molecule has 0 saturated carbocycles. The Morgan fingerprint density at radius 1 is 1.61 bits per heavy atom. The van der Waals surface area contributed by atoms with Gasteiger partial charge in [-0.2, -0.15) is 0 Å². The molecule has 0 spiro atoms. The first kappa shape index (κ1) is 14.4. The predicted molar refractivity (Wildman–Crippen MR) is 71.8 cm³/mol. The first-order chi connectivity index (χ1) is 8.61. The number of esters is 1. The van der Waals surface area contributed by atoms with E-state index in [9.17, 15) is 4.79 Å². The van der Waals surface area contributed by atoms with Gasteiger partial charge in [0.05, 0.1) is 12.3 Å². The number of thiazole rings is 1. The molecule has 0 radical (unpaired) electrons. The molecule has 6 nitrogen and oxygen atoms in total. The van der Waals surface area contributed by atoms with Crippen LogP contribution in [0.5, 0.6) is 0 Å². The summed E-state index contributed by atoms with van der Waals surface area (Å²) in [7, 11) is 0. The lowest BCUT2D eigenvalue weighted by Crippen LogP contribution is -2.20. The Hall–Kier alpha value is -1.63. The van der Waals surface area contributed by atoms with Crippen LogP contribution in [0.2, 0.25) is 0 Å². The minimum Gasteiger partial charge on any atom is -0.466 e. The maximum atomic E-state index is 11.1. The second-order valence-corrected chi connectivity index (χ2v) is 4.55. The fraction of sp³-hybridized carbons (Fsp3) is 0.545. The third-order valence-electron chi connectivity index (χ3n) is 2.16. The number of guanidine groups is 1. The smallest absolute Gasteiger partial charge is 0.305 e. The van der Waals surface area contributed by atoms with Crippen molar-refractivity contribution in [2.75, 3.05) is 11.9 Å². The minimum atomic E-state index is -0.144. The summed E-state index contributed by atoms with van der Waals surface area (Å²) in [6.45, 7) is 2.24. The third kappa shape index (κ3) is 5.62. The normalized spacial score (nSPS) is 10.1. The average Bonchev–Trinajstić information content (AvgIpc) is 2.71. The predicted octanol–water partition coefficient (Wildman–Crippen LogP) is 1.72. The molecular formula is C11H18N4O2S. The third-order valence-corrected chi connectivity index (χ3v) is 2.97. The summed E-state index contributed by atoms with van der Waals surface area (Å²) in [5.41, 5.74) is 6.16. The largest absolute Gasteiger partial charge is 0.466 e. The lowest BCUT2D eigenvalue weighted by Gasteiger charge is -2.00. The Kier molecular flexibility index (Phi) is 6.13. The van der Waals surface area contributed by atoms with E-state index in [-0.39, 0.29) is 11.9 Å². The molecule has 100 valence electrons. The van der Waals surface area contributed by atoms with E-state index in [0.29, 0.717) is 18.2 Å². The van der Waals surface area contributed by atoms with Gasteiger partial charge in [0.2, 0.25) is 0 Å². The molecule has 1 aromatic heterocycles. The van der Waals surface area contributed by atoms with Crippen LogP contribution in [-0.2, 0) is 16.0 Å². The number of nitrogens with one attached hydrogen (secondary N) is 2. The number of hydrogen-bond donors (Lipinski definition) is 3. The van der Waals surface area contributed by atoms with Crippen LogP contribution in [0.25, 0.3) is 0 Å². The molecule has 0 aliphatic heterocycles. The lowest BCUT2D eigenvalue weighted by atomic mass is 10.1. The molecule has 1 aromatic rings. The molecule has 7 heteroatoms. The van der Waals surface area contributed by atoms with Gasteiger partial charge in [0.15, 0.2) is 11.1 Å². The summed E-state index contributed by atoms with van der Waals surface area (Å²) in [5.74, 6) is -0.257. The van der Waals surface area contributed by atoms with Gasteiger partial charge in [-0.3, -0.25) is 10.2 Å². The highest BCUT2D eigenvalue weighted by Gasteiger charge is 2.04. The molecule has 0 aromatic carbocycles. The molecule has 0 saturated heterocycles. The number of aromatic nitrogens is 1. The lowest BCUT2D eigenvalue weighted by molar-refractivity contribution is -0.143. The number of nitrogens with two attached hydrogens (primary N) is 1. The van der Waals surface area contributed by atoms with E-state index in [1.54, 1.807) is 6.92 Å². The Bertz CT molecular complexity index is 406. The van der Waals surface area contributed by atoms with Crippen molar-refractivity contribution in [3.63, 3.8) is 0 Å². The van der Waals surface area contributed by atoms with E-state index in [0.717, 1.165) is 25.0 Å². The van der Waals surface area contributed by atoms with Crippen molar-refractivity contribution in [2.45, 2.75) is 32.6 Å². The Labute approximate surface area is 110 Å². The van der Waals surface area contributed by atoms with Crippen molar-refractivity contribution >= 4 is 28.4 Å². The van der Waals surface area contributed by atoms with Gasteiger partial charge in [0, 0.05) is 11.8 Å². The van der Waals surface area contributed by atoms with E-state index in [4.69, 9.17) is 15.9 Å². The van der Waals surface area contributed by atoms with Crippen molar-refractivity contribution in [1.82, 2.24) is 4.98 Å². The van der Waals surface area contributed by atoms with Gasteiger partial charge in [-0.05, 0) is 26.2 Å². The van der Waals surface area contributed by atoms with Crippen molar-refractivity contribution in [2.24, 2.45) is 5.73 Å². The van der Waals surface area contributed by atoms with Crippen LogP contribution in [0, 0.1) is 5.41 Å². The van der Waals surface area contributed by atoms with E-state index in [1.807, 2.05) is 5.38 Å². The van der Waals surface area contributed by atoms with Crippen LogP contribution in [-0.4, -0.2) is 23.5 Å². The van der Waals surface area contributed by atoms with E-state index >= 15 is 0 Å². The van der Waals surface area contributed by atoms with Crippen molar-refractivity contribution in [3.05, 3.63) is 11.1 Å². The van der Waals surface area contributed by atoms with E-state index < -0.39 is 0 Å². The summed E-state index contributed by atoms with van der Waals surface area (Å²) < 4.78 is 4.84. The number of rotatable bonds is 7. The molecule has 0 bridgehead atoms. The number of carbonyl (C=O) groups is 1. The van der Waals surface area contributed by atoms with Crippen molar-refractivity contribution in [3.8, 4) is 0 Å². The zero-order valence-corrected chi connectivity index (χ0v) is 11.2. The average molecular weight is 270 g/mol. The minimum absolute atomic E-state index is 0.113. The zero-order valence-electron chi connectivity index (χ0n) is 10.4. The highest BCUT2D eigenvalue weighted by atomic mass is 32.1. The van der Waals surface area contributed by atoms with Crippen LogP contribution in [0.4, 0.5) is 5.13 Å². The SMILES string of the molecule is CCOC(=O)CCCCc1csc(NC(=N)N)n1. The number of ether oxygens (including phenoxy) is 1. The van der Waals surface area contributed by atoms with E-state index in [2.05, 4.69) is 10.3 Å². The molecule has 0 aliphatic carbocycles. The van der Waals surface area contributed by atoms with Gasteiger partial charge in [-0.15, -0.1) is 11.3 Å². The van der Waals surface area contributed by atoms with Gasteiger partial charge in [-0.25, -0.2) is 4.98 Å². The highest BCUT2D eigenvalue weighted by molar-refractivity contribution is 7.13. The molecule has 0 fully saturated rings. The summed E-state index contributed by atoms with van der Waals surface area (Å²) in [6, 6.07) is 0. The maximum absolute atomic E-state index is 11.1. The summed E-state index contributed by atoms with van der Waals surface area (Å²) in [4.78, 5) is 15.4. The molecular weight excluding hydrogens is 252 g/mol. The van der Waals surface area contributed by atoms with Crippen molar-refractivity contribution in [1.29, 1.82) is 5.41 Å². The quantitative estimate of drug-likeness (QED) is 0.303. The second-order valence-electron chi connectivity index (χ2n) is 3.69. The van der Waals surface area contributed by atoms with Crippen LogP contribution in [0.1, 0.15) is 31.9 Å². The maximum Gasteiger partial charge on any atom is 0.305 e. The number of unbranched alkanes of at least 4 members (excludes halogenated alkanes) is 1. The molecule has 0 unspecified atom stereocenters. The van der Waals surface area contributed by atoms with Gasteiger partial charge < -0.3 is 15.8 Å². The highest BCUT2D eigenvalue weighted by Crippen LogP contribution is 2.16. The monoisotopic (exact) mass is 270 g/mol. The Morgan fingerprint density at radius 2 is 2.39 bits per heavy atom. The molecule has 0 atom stereocenters. The van der Waals surface area contributed by atoms with Gasteiger partial charge in [0.25, 0.3) is 0 Å². The topological polar surface area (TPSA) is 101 Å². The summed E-state index contributed by atoms with van der Waals surface area (Å²) in [5, 5.41) is 12.3. The first-order valence-electron chi connectivity index (χ1n) is 5.83. The Balaban J connectivity index is 2.21. The number of aryl methyl sites for hydroxylation is 1. The van der Waals surface area contributed by atoms with Crippen molar-refractivity contribution < 1.29 is 9.53 Å². The van der Waals surface area contributed by atoms with Crippen LogP contribution in [0.15, 0.2) is 5.38 Å². The van der Waals surface area contributed by atoms with Crippen LogP contribution < -0.4 is 11.1 Å². The molecule has 1 heterocycles. The Morgan fingerprint density at radius 3 is 3.06 bits per heavy atom. The standard InChI is InChI=1S/C11H18N4O2S/c1-2-17-9(16)6-4-3-5-8-7-18-11(14-8)15-10(12)13/h7H,2-6H2,1H3,(H4,12,13,14,15). The van der Waals surface area contributed by atoms with Gasteiger partial charge in [0.1, 0.15) is 0 Å². The molecule has 18 heavy (non-hydrogen) atoms. The zero-order chi connectivity index (χ0) is 13.4. The van der Waals surface area contributed by atoms with E-state index in [1.165, 1.54) is 11.3 Å². The fourth-order valence-electron chi connectivity index (χ4n) is 1.40. The summed E-state index contributed by atoms with van der Waals surface area (Å²) in [6.07, 6.45) is 2.96. The molecule has 1 rings (SSSR count). The van der Waals surface area contributed by atoms with Gasteiger partial charge >= 0.3 is 5.97 Å². The molecule has 0 amide bonds. The number of hydrogen-bond acceptors (Lipinski definition) is 5.